The van der Waals surface area contributed by atoms with Crippen LogP contribution >= 0.6 is 11.8 Å². The minimum atomic E-state index is -0.560. The van der Waals surface area contributed by atoms with Crippen LogP contribution in [0.15, 0.2) is 0 Å². The zero-order valence-electron chi connectivity index (χ0n) is 7.59. The van der Waals surface area contributed by atoms with Crippen molar-refractivity contribution < 1.29 is 4.79 Å². The van der Waals surface area contributed by atoms with Gasteiger partial charge in [0.2, 0.25) is 5.91 Å². The summed E-state index contributed by atoms with van der Waals surface area (Å²) in [7, 11) is 0. The average Bonchev–Trinajstić information content (AvgIpc) is 2.38. The lowest BCUT2D eigenvalue weighted by molar-refractivity contribution is -0.123. The van der Waals surface area contributed by atoms with Gasteiger partial charge in [0.25, 0.3) is 0 Å². The molecule has 1 amide bonds. The second kappa shape index (κ2) is 3.66. The molecule has 0 aromatic heterocycles. The summed E-state index contributed by atoms with van der Waals surface area (Å²) in [5.41, 5.74) is 4.68. The molecule has 1 atom stereocenters. The highest BCUT2D eigenvalue weighted by atomic mass is 32.2. The maximum atomic E-state index is 11.0. The molecule has 1 aliphatic rings. The van der Waals surface area contributed by atoms with Crippen LogP contribution in [0.2, 0.25) is 0 Å². The van der Waals surface area contributed by atoms with Crippen LogP contribution in [0.4, 0.5) is 0 Å². The Labute approximate surface area is 77.5 Å². The van der Waals surface area contributed by atoms with E-state index in [4.69, 9.17) is 5.73 Å². The molecule has 0 aromatic carbocycles. The second-order valence-electron chi connectivity index (χ2n) is 3.69. The highest BCUT2D eigenvalue weighted by Gasteiger charge is 2.29. The third-order valence-corrected chi connectivity index (χ3v) is 3.27. The van der Waals surface area contributed by atoms with Crippen molar-refractivity contribution in [2.24, 2.45) is 5.73 Å². The molecule has 1 fully saturated rings. The Morgan fingerprint density at radius 2 is 2.33 bits per heavy atom. The van der Waals surface area contributed by atoms with Gasteiger partial charge in [-0.2, -0.15) is 11.8 Å². The molecule has 0 radical (unpaired) electrons. The van der Waals surface area contributed by atoms with E-state index in [1.807, 2.05) is 25.6 Å². The number of carbonyl (C=O) groups is 1. The topological polar surface area (TPSA) is 55.1 Å². The van der Waals surface area contributed by atoms with E-state index in [9.17, 15) is 4.79 Å². The first-order valence-electron chi connectivity index (χ1n) is 4.18. The smallest absolute Gasteiger partial charge is 0.237 e. The first-order chi connectivity index (χ1) is 5.52. The second-order valence-corrected chi connectivity index (χ2v) is 4.84. The normalized spacial score (nSPS) is 24.3. The predicted molar refractivity (Wildman–Crippen MR) is 52.1 cm³/mol. The van der Waals surface area contributed by atoms with Gasteiger partial charge in [0, 0.05) is 11.8 Å². The summed E-state index contributed by atoms with van der Waals surface area (Å²) in [4.78, 5) is 11.0. The van der Waals surface area contributed by atoms with Crippen molar-refractivity contribution in [3.8, 4) is 0 Å². The van der Waals surface area contributed by atoms with Gasteiger partial charge in [-0.3, -0.25) is 4.79 Å². The van der Waals surface area contributed by atoms with Crippen LogP contribution in [0.5, 0.6) is 0 Å². The zero-order chi connectivity index (χ0) is 9.19. The molecule has 1 aliphatic heterocycles. The molecule has 4 heteroatoms. The number of carbonyl (C=O) groups excluding carboxylic acids is 1. The molecular weight excluding hydrogens is 172 g/mol. The number of nitrogens with two attached hydrogens (primary N) is 1. The van der Waals surface area contributed by atoms with Gasteiger partial charge in [-0.15, -0.1) is 0 Å². The summed E-state index contributed by atoms with van der Waals surface area (Å²) in [5.74, 6) is 2.00. The van der Waals surface area contributed by atoms with Crippen LogP contribution in [0.25, 0.3) is 0 Å². The summed E-state index contributed by atoms with van der Waals surface area (Å²) >= 11 is 1.92. The molecular formula is C8H16N2OS. The van der Waals surface area contributed by atoms with Crippen molar-refractivity contribution in [3.05, 3.63) is 0 Å². The first kappa shape index (κ1) is 9.86. The highest BCUT2D eigenvalue weighted by Crippen LogP contribution is 2.19. The van der Waals surface area contributed by atoms with Gasteiger partial charge in [-0.25, -0.2) is 0 Å². The number of hydrogen-bond donors (Lipinski definition) is 2. The molecule has 1 rings (SSSR count). The number of nitrogens with one attached hydrogen (secondary N) is 1. The lowest BCUT2D eigenvalue weighted by atomic mass is 10.0. The molecule has 3 N–H and O–H groups in total. The van der Waals surface area contributed by atoms with Crippen molar-refractivity contribution in [1.29, 1.82) is 0 Å². The molecule has 0 bridgehead atoms. The van der Waals surface area contributed by atoms with Gasteiger partial charge in [0.15, 0.2) is 0 Å². The van der Waals surface area contributed by atoms with Crippen molar-refractivity contribution in [2.75, 3.05) is 11.5 Å². The minimum absolute atomic E-state index is 0.278. The Hall–Kier alpha value is -0.220. The minimum Gasteiger partial charge on any atom is -0.368 e. The number of thioether (sulfide) groups is 1. The van der Waals surface area contributed by atoms with E-state index in [1.165, 1.54) is 5.75 Å². The quantitative estimate of drug-likeness (QED) is 0.672. The number of hydrogen-bond acceptors (Lipinski definition) is 3. The molecule has 0 aliphatic carbocycles. The Bertz CT molecular complexity index is 176. The Balaban J connectivity index is 2.42. The maximum absolute atomic E-state index is 11.0. The van der Waals surface area contributed by atoms with E-state index in [0.29, 0.717) is 6.04 Å². The zero-order valence-corrected chi connectivity index (χ0v) is 8.41. The largest absolute Gasteiger partial charge is 0.368 e. The van der Waals surface area contributed by atoms with Crippen LogP contribution in [-0.2, 0) is 4.79 Å². The maximum Gasteiger partial charge on any atom is 0.237 e. The molecule has 3 nitrogen and oxygen atoms in total. The van der Waals surface area contributed by atoms with Crippen LogP contribution in [0, 0.1) is 0 Å². The monoisotopic (exact) mass is 188 g/mol. The number of amides is 1. The van der Waals surface area contributed by atoms with Crippen molar-refractivity contribution >= 4 is 17.7 Å². The Morgan fingerprint density at radius 1 is 1.67 bits per heavy atom. The summed E-state index contributed by atoms with van der Waals surface area (Å²) in [6, 6.07) is 0.456. The van der Waals surface area contributed by atoms with Gasteiger partial charge >= 0.3 is 0 Å². The highest BCUT2D eigenvalue weighted by molar-refractivity contribution is 7.99. The third kappa shape index (κ3) is 2.38. The molecule has 1 saturated heterocycles. The van der Waals surface area contributed by atoms with E-state index >= 15 is 0 Å². The van der Waals surface area contributed by atoms with Crippen LogP contribution in [-0.4, -0.2) is 29.0 Å². The Kier molecular flexibility index (Phi) is 3.01. The summed E-state index contributed by atoms with van der Waals surface area (Å²) in [5, 5.41) is 3.26. The molecule has 1 heterocycles. The lowest BCUT2D eigenvalue weighted by Gasteiger charge is -2.26. The standard InChI is InChI=1S/C8H16N2OS/c1-8(2,7(9)11)10-6-3-4-12-5-6/h6,10H,3-5H2,1-2H3,(H2,9,11). The van der Waals surface area contributed by atoms with Gasteiger partial charge in [0.1, 0.15) is 0 Å². The van der Waals surface area contributed by atoms with E-state index in [1.54, 1.807) is 0 Å². The van der Waals surface area contributed by atoms with Crippen molar-refractivity contribution in [2.45, 2.75) is 31.8 Å². The van der Waals surface area contributed by atoms with Crippen LogP contribution in [0.3, 0.4) is 0 Å². The van der Waals surface area contributed by atoms with E-state index in [0.717, 1.165) is 12.2 Å². The summed E-state index contributed by atoms with van der Waals surface area (Å²) in [6.45, 7) is 3.66. The average molecular weight is 188 g/mol. The molecule has 12 heavy (non-hydrogen) atoms. The fraction of sp³-hybridized carbons (Fsp3) is 0.875. The summed E-state index contributed by atoms with van der Waals surface area (Å²) < 4.78 is 0. The Morgan fingerprint density at radius 3 is 2.75 bits per heavy atom. The predicted octanol–water partition coefficient (Wildman–Crippen LogP) is 0.345. The van der Waals surface area contributed by atoms with E-state index in [-0.39, 0.29) is 5.91 Å². The molecule has 0 saturated carbocycles. The number of primary amides is 1. The lowest BCUT2D eigenvalue weighted by Crippen LogP contribution is -2.54. The third-order valence-electron chi connectivity index (χ3n) is 2.11. The first-order valence-corrected chi connectivity index (χ1v) is 5.33. The van der Waals surface area contributed by atoms with Gasteiger partial charge in [-0.1, -0.05) is 0 Å². The van der Waals surface area contributed by atoms with Crippen molar-refractivity contribution in [3.63, 3.8) is 0 Å². The molecule has 70 valence electrons. The van der Waals surface area contributed by atoms with Gasteiger partial charge in [-0.05, 0) is 26.0 Å². The fourth-order valence-corrected chi connectivity index (χ4v) is 2.38. The van der Waals surface area contributed by atoms with Gasteiger partial charge in [0.05, 0.1) is 5.54 Å². The summed E-state index contributed by atoms with van der Waals surface area (Å²) in [6.07, 6.45) is 1.14. The van der Waals surface area contributed by atoms with E-state index in [2.05, 4.69) is 5.32 Å². The molecule has 0 spiro atoms. The van der Waals surface area contributed by atoms with Crippen molar-refractivity contribution in [1.82, 2.24) is 5.32 Å². The van der Waals surface area contributed by atoms with Crippen LogP contribution < -0.4 is 11.1 Å². The van der Waals surface area contributed by atoms with Crippen LogP contribution in [0.1, 0.15) is 20.3 Å². The van der Waals surface area contributed by atoms with E-state index < -0.39 is 5.54 Å². The fourth-order valence-electron chi connectivity index (χ4n) is 1.23. The molecule has 1 unspecified atom stereocenters. The SMILES string of the molecule is CC(C)(NC1CCSC1)C(N)=O. The van der Waals surface area contributed by atoms with Gasteiger partial charge < -0.3 is 11.1 Å². The number of rotatable bonds is 3. The molecule has 0 aromatic rings.